The fourth-order valence-electron chi connectivity index (χ4n) is 1.38. The highest BCUT2D eigenvalue weighted by molar-refractivity contribution is 9.10. The maximum absolute atomic E-state index is 11.8. The molecule has 1 aromatic rings. The van der Waals surface area contributed by atoms with Crippen LogP contribution in [0.4, 0.5) is 4.79 Å². The maximum atomic E-state index is 11.8. The lowest BCUT2D eigenvalue weighted by Gasteiger charge is -2.22. The number of hydrogen-bond acceptors (Lipinski definition) is 5. The first-order valence-corrected chi connectivity index (χ1v) is 6.72. The molecule has 1 heterocycles. The highest BCUT2D eigenvalue weighted by atomic mass is 79.9. The summed E-state index contributed by atoms with van der Waals surface area (Å²) in [5.41, 5.74) is -0.299. The van der Waals surface area contributed by atoms with Gasteiger partial charge in [0.2, 0.25) is 0 Å². The van der Waals surface area contributed by atoms with E-state index in [9.17, 15) is 9.59 Å². The quantitative estimate of drug-likeness (QED) is 0.673. The van der Waals surface area contributed by atoms with E-state index >= 15 is 0 Å². The standard InChI is InChI=1S/C13H17BrN2O4/c1-13(2,3)20-12(18)16-10(11(17)19-4)8-6-5-7-9(14)15-8/h5-7,10H,1-4H3,(H,16,18). The Hall–Kier alpha value is -1.63. The summed E-state index contributed by atoms with van der Waals surface area (Å²) in [5, 5.41) is 2.45. The van der Waals surface area contributed by atoms with Gasteiger partial charge in [-0.15, -0.1) is 0 Å². The van der Waals surface area contributed by atoms with Crippen molar-refractivity contribution in [3.8, 4) is 0 Å². The Morgan fingerprint density at radius 1 is 1.35 bits per heavy atom. The molecule has 1 aromatic heterocycles. The first-order chi connectivity index (χ1) is 9.23. The minimum Gasteiger partial charge on any atom is -0.467 e. The number of nitrogens with zero attached hydrogens (tertiary/aromatic N) is 1. The molecule has 0 aliphatic heterocycles. The molecule has 1 unspecified atom stereocenters. The second-order valence-electron chi connectivity index (χ2n) is 4.99. The third-order valence-corrected chi connectivity index (χ3v) is 2.57. The predicted octanol–water partition coefficient (Wildman–Crippen LogP) is 2.58. The van der Waals surface area contributed by atoms with Crippen molar-refractivity contribution in [2.75, 3.05) is 7.11 Å². The normalized spacial score (nSPS) is 12.4. The molecule has 0 aliphatic carbocycles. The average Bonchev–Trinajstić information content (AvgIpc) is 2.33. The highest BCUT2D eigenvalue weighted by Crippen LogP contribution is 2.16. The molecule has 0 saturated carbocycles. The Balaban J connectivity index is 2.91. The summed E-state index contributed by atoms with van der Waals surface area (Å²) in [6, 6.07) is 4.01. The largest absolute Gasteiger partial charge is 0.467 e. The van der Waals surface area contributed by atoms with Crippen molar-refractivity contribution >= 4 is 28.0 Å². The molecule has 0 bridgehead atoms. The molecule has 6 nitrogen and oxygen atoms in total. The number of pyridine rings is 1. The van der Waals surface area contributed by atoms with Crippen LogP contribution in [0.5, 0.6) is 0 Å². The van der Waals surface area contributed by atoms with E-state index in [0.717, 1.165) is 0 Å². The van der Waals surface area contributed by atoms with Gasteiger partial charge in [0, 0.05) is 0 Å². The van der Waals surface area contributed by atoms with Gasteiger partial charge in [0.15, 0.2) is 6.04 Å². The topological polar surface area (TPSA) is 77.5 Å². The first-order valence-electron chi connectivity index (χ1n) is 5.93. The van der Waals surface area contributed by atoms with Gasteiger partial charge in [0.25, 0.3) is 0 Å². The molecule has 0 saturated heterocycles. The molecule has 0 spiro atoms. The minimum absolute atomic E-state index is 0.358. The second-order valence-corrected chi connectivity index (χ2v) is 5.80. The average molecular weight is 345 g/mol. The van der Waals surface area contributed by atoms with Gasteiger partial charge < -0.3 is 14.8 Å². The smallest absolute Gasteiger partial charge is 0.408 e. The van der Waals surface area contributed by atoms with Crippen molar-refractivity contribution in [1.29, 1.82) is 0 Å². The van der Waals surface area contributed by atoms with Gasteiger partial charge in [0.1, 0.15) is 10.2 Å². The number of esters is 1. The zero-order valence-electron chi connectivity index (χ0n) is 11.8. The SMILES string of the molecule is COC(=O)C(NC(=O)OC(C)(C)C)c1cccc(Br)n1. The fraction of sp³-hybridized carbons (Fsp3) is 0.462. The Morgan fingerprint density at radius 2 is 2.00 bits per heavy atom. The zero-order valence-corrected chi connectivity index (χ0v) is 13.4. The van der Waals surface area contributed by atoms with Crippen LogP contribution in [-0.4, -0.2) is 29.8 Å². The van der Waals surface area contributed by atoms with E-state index in [-0.39, 0.29) is 0 Å². The number of carbonyl (C=O) groups is 2. The van der Waals surface area contributed by atoms with Crippen LogP contribution in [0.2, 0.25) is 0 Å². The van der Waals surface area contributed by atoms with Gasteiger partial charge in [-0.2, -0.15) is 0 Å². The first kappa shape index (κ1) is 16.4. The molecule has 1 rings (SSSR count). The van der Waals surface area contributed by atoms with E-state index in [2.05, 4.69) is 31.0 Å². The molecule has 20 heavy (non-hydrogen) atoms. The molecule has 1 N–H and O–H groups in total. The van der Waals surface area contributed by atoms with Gasteiger partial charge >= 0.3 is 12.1 Å². The van der Waals surface area contributed by atoms with Crippen molar-refractivity contribution in [2.24, 2.45) is 0 Å². The summed E-state index contributed by atoms with van der Waals surface area (Å²) in [4.78, 5) is 27.7. The molecule has 7 heteroatoms. The molecule has 1 atom stereocenters. The lowest BCUT2D eigenvalue weighted by molar-refractivity contribution is -0.143. The van der Waals surface area contributed by atoms with Crippen LogP contribution >= 0.6 is 15.9 Å². The van der Waals surface area contributed by atoms with Crippen LogP contribution < -0.4 is 5.32 Å². The minimum atomic E-state index is -1.02. The fourth-order valence-corrected chi connectivity index (χ4v) is 1.74. The van der Waals surface area contributed by atoms with E-state index < -0.39 is 23.7 Å². The number of rotatable bonds is 3. The van der Waals surface area contributed by atoms with Crippen molar-refractivity contribution in [1.82, 2.24) is 10.3 Å². The van der Waals surface area contributed by atoms with E-state index in [4.69, 9.17) is 4.74 Å². The molecular weight excluding hydrogens is 328 g/mol. The summed E-state index contributed by atoms with van der Waals surface area (Å²) in [6.07, 6.45) is -0.713. The number of nitrogens with one attached hydrogen (secondary N) is 1. The second kappa shape index (κ2) is 6.69. The van der Waals surface area contributed by atoms with Crippen LogP contribution in [0, 0.1) is 0 Å². The highest BCUT2D eigenvalue weighted by Gasteiger charge is 2.27. The van der Waals surface area contributed by atoms with E-state index in [1.165, 1.54) is 7.11 Å². The van der Waals surface area contributed by atoms with Crippen LogP contribution in [0.1, 0.15) is 32.5 Å². The van der Waals surface area contributed by atoms with E-state index in [1.54, 1.807) is 39.0 Å². The van der Waals surface area contributed by atoms with Crippen LogP contribution in [0.3, 0.4) is 0 Å². The Kier molecular flexibility index (Phi) is 5.50. The van der Waals surface area contributed by atoms with Crippen LogP contribution in [0.25, 0.3) is 0 Å². The lowest BCUT2D eigenvalue weighted by atomic mass is 10.2. The lowest BCUT2D eigenvalue weighted by Crippen LogP contribution is -2.38. The zero-order chi connectivity index (χ0) is 15.3. The summed E-state index contributed by atoms with van der Waals surface area (Å²) in [7, 11) is 1.24. The number of aromatic nitrogens is 1. The molecule has 0 radical (unpaired) electrons. The Bertz CT molecular complexity index is 499. The van der Waals surface area contributed by atoms with Gasteiger partial charge in [-0.3, -0.25) is 0 Å². The van der Waals surface area contributed by atoms with Crippen LogP contribution in [0.15, 0.2) is 22.8 Å². The number of amides is 1. The molecule has 0 aromatic carbocycles. The number of ether oxygens (including phenoxy) is 2. The van der Waals surface area contributed by atoms with Crippen molar-refractivity contribution in [3.05, 3.63) is 28.5 Å². The molecule has 0 aliphatic rings. The molecule has 110 valence electrons. The van der Waals surface area contributed by atoms with Crippen LogP contribution in [-0.2, 0) is 14.3 Å². The van der Waals surface area contributed by atoms with Crippen molar-refractivity contribution in [2.45, 2.75) is 32.4 Å². The molecular formula is C13H17BrN2O4. The summed E-state index contributed by atoms with van der Waals surface area (Å²) in [5.74, 6) is -0.624. The van der Waals surface area contributed by atoms with Crippen molar-refractivity contribution < 1.29 is 19.1 Å². The van der Waals surface area contributed by atoms with Gasteiger partial charge in [-0.25, -0.2) is 14.6 Å². The molecule has 1 amide bonds. The molecule has 0 fully saturated rings. The number of hydrogen-bond donors (Lipinski definition) is 1. The summed E-state index contributed by atoms with van der Waals surface area (Å²) >= 11 is 3.21. The van der Waals surface area contributed by atoms with E-state index in [1.807, 2.05) is 0 Å². The summed E-state index contributed by atoms with van der Waals surface area (Å²) < 4.78 is 10.3. The monoisotopic (exact) mass is 344 g/mol. The number of methoxy groups -OCH3 is 1. The van der Waals surface area contributed by atoms with Crippen molar-refractivity contribution in [3.63, 3.8) is 0 Å². The predicted molar refractivity (Wildman–Crippen MR) is 76.1 cm³/mol. The number of halogens is 1. The van der Waals surface area contributed by atoms with E-state index in [0.29, 0.717) is 10.3 Å². The number of carbonyl (C=O) groups excluding carboxylic acids is 2. The third kappa shape index (κ3) is 5.16. The van der Waals surface area contributed by atoms with Gasteiger partial charge in [0.05, 0.1) is 12.8 Å². The van der Waals surface area contributed by atoms with Gasteiger partial charge in [-0.1, -0.05) is 6.07 Å². The summed E-state index contributed by atoms with van der Waals surface area (Å²) in [6.45, 7) is 5.20. The third-order valence-electron chi connectivity index (χ3n) is 2.13. The maximum Gasteiger partial charge on any atom is 0.408 e. The van der Waals surface area contributed by atoms with Gasteiger partial charge in [-0.05, 0) is 48.8 Å². The Morgan fingerprint density at radius 3 is 2.50 bits per heavy atom. The Labute approximate surface area is 126 Å². The number of alkyl carbamates (subject to hydrolysis) is 1.